The Hall–Kier alpha value is -4.12. The zero-order valence-corrected chi connectivity index (χ0v) is 19.3. The van der Waals surface area contributed by atoms with Crippen molar-refractivity contribution in [3.8, 4) is 28.8 Å². The van der Waals surface area contributed by atoms with Crippen LogP contribution < -0.4 is 14.8 Å². The van der Waals surface area contributed by atoms with Crippen LogP contribution in [-0.2, 0) is 11.2 Å². The number of nitrogens with zero attached hydrogens (tertiary/aromatic N) is 3. The van der Waals surface area contributed by atoms with Crippen LogP contribution in [0.15, 0.2) is 48.7 Å². The van der Waals surface area contributed by atoms with Crippen LogP contribution in [0.3, 0.4) is 0 Å². The van der Waals surface area contributed by atoms with E-state index < -0.39 is 11.7 Å². The molecule has 0 aliphatic rings. The van der Waals surface area contributed by atoms with Crippen LogP contribution in [0.5, 0.6) is 11.5 Å². The molecule has 0 spiro atoms. The van der Waals surface area contributed by atoms with Gasteiger partial charge in [0.05, 0.1) is 25.5 Å². The maximum atomic E-state index is 12.2. The van der Waals surface area contributed by atoms with E-state index >= 15 is 0 Å². The summed E-state index contributed by atoms with van der Waals surface area (Å²) in [6.07, 6.45) is 1.54. The van der Waals surface area contributed by atoms with Gasteiger partial charge in [-0.15, -0.1) is 0 Å². The third kappa shape index (κ3) is 6.43. The maximum Gasteiger partial charge on any atom is 0.412 e. The normalized spacial score (nSPS) is 10.8. The first-order chi connectivity index (χ1) is 15.7. The Kier molecular flexibility index (Phi) is 7.13. The molecule has 170 valence electrons. The second-order valence-electron chi connectivity index (χ2n) is 8.26. The van der Waals surface area contributed by atoms with Gasteiger partial charge in [0.25, 0.3) is 0 Å². The number of aromatic nitrogens is 2. The van der Waals surface area contributed by atoms with E-state index in [0.29, 0.717) is 40.7 Å². The van der Waals surface area contributed by atoms with Crippen LogP contribution >= 0.6 is 0 Å². The highest BCUT2D eigenvalue weighted by atomic mass is 16.6. The molecular weight excluding hydrogens is 420 g/mol. The van der Waals surface area contributed by atoms with E-state index in [1.54, 1.807) is 58.3 Å². The summed E-state index contributed by atoms with van der Waals surface area (Å²) in [5, 5.41) is 12.1. The molecule has 0 aliphatic heterocycles. The van der Waals surface area contributed by atoms with Crippen molar-refractivity contribution in [2.75, 3.05) is 19.5 Å². The van der Waals surface area contributed by atoms with Crippen LogP contribution in [0, 0.1) is 11.3 Å². The predicted octanol–water partition coefficient (Wildman–Crippen LogP) is 4.97. The minimum absolute atomic E-state index is 0.412. The van der Waals surface area contributed by atoms with Crippen molar-refractivity contribution in [1.82, 2.24) is 9.97 Å². The third-order valence-corrected chi connectivity index (χ3v) is 4.53. The predicted molar refractivity (Wildman–Crippen MR) is 124 cm³/mol. The van der Waals surface area contributed by atoms with E-state index in [9.17, 15) is 10.1 Å². The van der Waals surface area contributed by atoms with Gasteiger partial charge in [0.1, 0.15) is 29.0 Å². The fourth-order valence-electron chi connectivity index (χ4n) is 3.16. The number of rotatable bonds is 6. The van der Waals surface area contributed by atoms with Gasteiger partial charge in [-0.3, -0.25) is 5.32 Å². The summed E-state index contributed by atoms with van der Waals surface area (Å²) in [4.78, 5) is 21.2. The van der Waals surface area contributed by atoms with E-state index in [2.05, 4.69) is 21.4 Å². The average Bonchev–Trinajstić information content (AvgIpc) is 2.77. The molecule has 0 aliphatic carbocycles. The van der Waals surface area contributed by atoms with Gasteiger partial charge in [-0.2, -0.15) is 5.26 Å². The number of hydrogen-bond acceptors (Lipinski definition) is 7. The van der Waals surface area contributed by atoms with Crippen molar-refractivity contribution < 1.29 is 19.0 Å². The van der Waals surface area contributed by atoms with Crippen LogP contribution in [0.1, 0.15) is 37.7 Å². The van der Waals surface area contributed by atoms with Crippen molar-refractivity contribution in [1.29, 1.82) is 5.26 Å². The Labute approximate surface area is 193 Å². The first-order valence-electron chi connectivity index (χ1n) is 10.3. The summed E-state index contributed by atoms with van der Waals surface area (Å²) < 4.78 is 15.9. The summed E-state index contributed by atoms with van der Waals surface area (Å²) in [6, 6.07) is 14.6. The van der Waals surface area contributed by atoms with Gasteiger partial charge in [0, 0.05) is 29.9 Å². The SMILES string of the molecule is COc1cc(Cc2nccc(-c3ccc(OC)c(C#N)c3)n2)cc(NC(=O)OC(C)(C)C)c1. The Morgan fingerprint density at radius 3 is 2.55 bits per heavy atom. The highest BCUT2D eigenvalue weighted by Gasteiger charge is 2.17. The molecular formula is C25H26N4O4. The number of carbonyl (C=O) groups excluding carboxylic acids is 1. The van der Waals surface area contributed by atoms with Crippen LogP contribution in [-0.4, -0.2) is 35.9 Å². The lowest BCUT2D eigenvalue weighted by Crippen LogP contribution is -2.27. The Morgan fingerprint density at radius 1 is 1.09 bits per heavy atom. The molecule has 33 heavy (non-hydrogen) atoms. The molecule has 0 bridgehead atoms. The van der Waals surface area contributed by atoms with Crippen LogP contribution in [0.2, 0.25) is 0 Å². The number of anilines is 1. The molecule has 0 saturated heterocycles. The Bertz CT molecular complexity index is 1200. The molecule has 1 heterocycles. The van der Waals surface area contributed by atoms with Gasteiger partial charge >= 0.3 is 6.09 Å². The van der Waals surface area contributed by atoms with Crippen molar-refractivity contribution in [2.45, 2.75) is 32.8 Å². The molecule has 8 heteroatoms. The largest absolute Gasteiger partial charge is 0.497 e. The average molecular weight is 447 g/mol. The summed E-state index contributed by atoms with van der Waals surface area (Å²) in [6.45, 7) is 5.41. The maximum absolute atomic E-state index is 12.2. The van der Waals surface area contributed by atoms with Crippen LogP contribution in [0.25, 0.3) is 11.3 Å². The van der Waals surface area contributed by atoms with Crippen molar-refractivity contribution in [3.05, 3.63) is 65.6 Å². The number of ether oxygens (including phenoxy) is 3. The van der Waals surface area contributed by atoms with Gasteiger partial charge in [-0.05, 0) is 62.7 Å². The van der Waals surface area contributed by atoms with Crippen molar-refractivity contribution >= 4 is 11.8 Å². The molecule has 0 radical (unpaired) electrons. The smallest absolute Gasteiger partial charge is 0.412 e. The summed E-state index contributed by atoms with van der Waals surface area (Å²) in [5.41, 5.74) is 2.70. The number of carbonyl (C=O) groups is 1. The Balaban J connectivity index is 1.85. The van der Waals surface area contributed by atoms with E-state index in [1.165, 1.54) is 7.11 Å². The number of benzene rings is 2. The van der Waals surface area contributed by atoms with Gasteiger partial charge in [-0.1, -0.05) is 0 Å². The number of hydrogen-bond donors (Lipinski definition) is 1. The van der Waals surface area contributed by atoms with Gasteiger partial charge in [-0.25, -0.2) is 14.8 Å². The summed E-state index contributed by atoms with van der Waals surface area (Å²) in [5.74, 6) is 1.68. The number of amides is 1. The molecule has 1 amide bonds. The second kappa shape index (κ2) is 10.0. The molecule has 2 aromatic carbocycles. The molecule has 0 atom stereocenters. The van der Waals surface area contributed by atoms with E-state index in [4.69, 9.17) is 14.2 Å². The zero-order chi connectivity index (χ0) is 24.0. The highest BCUT2D eigenvalue weighted by Crippen LogP contribution is 2.26. The lowest BCUT2D eigenvalue weighted by molar-refractivity contribution is 0.0636. The molecule has 3 aromatic rings. The highest BCUT2D eigenvalue weighted by molar-refractivity contribution is 5.85. The molecule has 3 rings (SSSR count). The first kappa shape index (κ1) is 23.5. The fraction of sp³-hybridized carbons (Fsp3) is 0.280. The zero-order valence-electron chi connectivity index (χ0n) is 19.3. The third-order valence-electron chi connectivity index (χ3n) is 4.53. The monoisotopic (exact) mass is 446 g/mol. The summed E-state index contributed by atoms with van der Waals surface area (Å²) in [7, 11) is 3.09. The minimum Gasteiger partial charge on any atom is -0.497 e. The topological polar surface area (TPSA) is 106 Å². The fourth-order valence-corrected chi connectivity index (χ4v) is 3.16. The molecule has 0 fully saturated rings. The second-order valence-corrected chi connectivity index (χ2v) is 8.26. The number of methoxy groups -OCH3 is 2. The first-order valence-corrected chi connectivity index (χ1v) is 10.3. The van der Waals surface area contributed by atoms with Crippen LogP contribution in [0.4, 0.5) is 10.5 Å². The number of nitrogens with one attached hydrogen (secondary N) is 1. The minimum atomic E-state index is -0.604. The quantitative estimate of drug-likeness (QED) is 0.570. The molecule has 0 saturated carbocycles. The van der Waals surface area contributed by atoms with Gasteiger partial charge in [0.2, 0.25) is 0 Å². The van der Waals surface area contributed by atoms with E-state index in [1.807, 2.05) is 18.2 Å². The molecule has 1 aromatic heterocycles. The van der Waals surface area contributed by atoms with Crippen molar-refractivity contribution in [2.24, 2.45) is 0 Å². The van der Waals surface area contributed by atoms with E-state index in [-0.39, 0.29) is 0 Å². The van der Waals surface area contributed by atoms with E-state index in [0.717, 1.165) is 11.1 Å². The summed E-state index contributed by atoms with van der Waals surface area (Å²) >= 11 is 0. The lowest BCUT2D eigenvalue weighted by Gasteiger charge is -2.20. The number of nitriles is 1. The lowest BCUT2D eigenvalue weighted by atomic mass is 10.1. The molecule has 0 unspecified atom stereocenters. The standard InChI is InChI=1S/C25H26N4O4/c1-25(2,3)33-24(30)28-19-10-16(11-20(14-19)31-4)12-23-27-9-8-21(29-23)17-6-7-22(32-5)18(13-17)15-26/h6-11,13-14H,12H2,1-5H3,(H,28,30). The molecule has 8 nitrogen and oxygen atoms in total. The van der Waals surface area contributed by atoms with Gasteiger partial charge < -0.3 is 14.2 Å². The molecule has 1 N–H and O–H groups in total. The van der Waals surface area contributed by atoms with Gasteiger partial charge in [0.15, 0.2) is 0 Å². The van der Waals surface area contributed by atoms with Crippen molar-refractivity contribution in [3.63, 3.8) is 0 Å². The Morgan fingerprint density at radius 2 is 1.88 bits per heavy atom.